The molecule has 6 aromatic rings. The summed E-state index contributed by atoms with van der Waals surface area (Å²) in [5.41, 5.74) is 15.4. The second kappa shape index (κ2) is 34.5. The number of nitrogen functional groups attached to an aromatic ring is 3. The van der Waals surface area contributed by atoms with E-state index in [0.717, 1.165) is 28.4 Å². The number of ether oxygens (including phenoxy) is 4. The lowest BCUT2D eigenvalue weighted by Gasteiger charge is -2.15. The number of hydrogen-bond donors (Lipinski definition) is 7. The van der Waals surface area contributed by atoms with Gasteiger partial charge in [0, 0.05) is 79.7 Å². The van der Waals surface area contributed by atoms with Crippen LogP contribution in [0.2, 0.25) is 0 Å². The molecule has 45 heteroatoms. The normalized spacial score (nSPS) is 25.1. The number of unbranched alkanes of at least 4 members (excludes halogenated alkanes) is 6. The predicted molar refractivity (Wildman–Crippen MR) is 330 cm³/mol. The van der Waals surface area contributed by atoms with Crippen molar-refractivity contribution in [1.82, 2.24) is 58.1 Å². The first-order valence-electron chi connectivity index (χ1n) is 30.3. The zero-order valence-corrected chi connectivity index (χ0v) is 55.7. The van der Waals surface area contributed by atoms with E-state index in [9.17, 15) is 42.0 Å². The Morgan fingerprint density at radius 2 is 0.969 bits per heavy atom. The Balaban J connectivity index is 0.812. The van der Waals surface area contributed by atoms with Crippen LogP contribution in [-0.2, 0) is 87.0 Å². The first kappa shape index (κ1) is 72.5. The van der Waals surface area contributed by atoms with E-state index < -0.39 is 164 Å². The van der Waals surface area contributed by atoms with Crippen LogP contribution >= 0.6 is 41.3 Å². The average molecular weight is 1450 g/mol. The van der Waals surface area contributed by atoms with E-state index in [0.29, 0.717) is 32.1 Å². The summed E-state index contributed by atoms with van der Waals surface area (Å²) in [5.74, 6) is -0.224. The highest BCUT2D eigenvalue weighted by Gasteiger charge is 2.52. The van der Waals surface area contributed by atoms with Crippen LogP contribution in [-0.4, -0.2) is 170 Å². The zero-order chi connectivity index (χ0) is 68.0. The number of rotatable bonds is 38. The van der Waals surface area contributed by atoms with E-state index in [1.165, 1.54) is 53.5 Å². The second-order valence-corrected chi connectivity index (χ2v) is 26.8. The van der Waals surface area contributed by atoms with Gasteiger partial charge in [-0.15, -0.1) is 45.2 Å². The third-order valence-corrected chi connectivity index (χ3v) is 19.6. The van der Waals surface area contributed by atoms with Gasteiger partial charge in [-0.05, 0) is 38.7 Å². The minimum atomic E-state index is -3.17. The number of aryl methyl sites for hydroxylation is 1. The summed E-state index contributed by atoms with van der Waals surface area (Å²) in [5, 5.41) is 18.1. The highest BCUT2D eigenvalue weighted by molar-refractivity contribution is 7.34. The number of aromatic nitrogens is 12. The fourth-order valence-corrected chi connectivity index (χ4v) is 14.5. The Bertz CT molecular complexity index is 3970. The smallest absolute Gasteiger partial charge is 0.396 e. The molecule has 520 valence electrons. The maximum atomic E-state index is 14.1. The summed E-state index contributed by atoms with van der Waals surface area (Å²) in [6, 6.07) is 1.37. The van der Waals surface area contributed by atoms with Crippen LogP contribution in [0.5, 0.6) is 0 Å². The molecule has 4 fully saturated rings. The molecule has 0 spiro atoms. The van der Waals surface area contributed by atoms with Gasteiger partial charge in [-0.25, -0.2) is 29.5 Å². The van der Waals surface area contributed by atoms with E-state index in [4.69, 9.17) is 91.6 Å². The molecule has 4 saturated heterocycles. The van der Waals surface area contributed by atoms with Crippen LogP contribution < -0.4 is 39.7 Å². The van der Waals surface area contributed by atoms with Crippen molar-refractivity contribution in [2.75, 3.05) is 70.1 Å². The highest BCUT2D eigenvalue weighted by Crippen LogP contribution is 2.45. The number of aliphatic hydroxyl groups excluding tert-OH is 2. The molecule has 40 nitrogen and oxygen atoms in total. The third-order valence-electron chi connectivity index (χ3n) is 15.6. The van der Waals surface area contributed by atoms with Gasteiger partial charge in [-0.2, -0.15) is 9.97 Å². The van der Waals surface area contributed by atoms with Crippen molar-refractivity contribution in [3.8, 4) is 0 Å². The first-order chi connectivity index (χ1) is 46.3. The SMILES string of the molecule is Cc1cn([C@H]2C[C@H](O[P+](=O)OCCCCCCO)[C@@H](CO[P+](=O)O[C@H]3C[C@H](n4cnc5c(=O)[nH]c(N)nc54)O[C@@H]3CO[P+](=O)O[C@H]3C[C@H](n4cnc5c(N)ncnc54)O[C@@H]3CO[P+](=O)O[C@H]3C[C@H](n4ccc(N)nc4=O)O[C@@H]3CO[P+](=O)OCCCCCCO)O2)c(=O)[nH]c1=O. The van der Waals surface area contributed by atoms with Gasteiger partial charge in [0.25, 0.3) is 11.1 Å². The summed E-state index contributed by atoms with van der Waals surface area (Å²) in [6.45, 7) is -0.332. The molecule has 10 rings (SSSR count). The number of nitrogens with one attached hydrogen (secondary N) is 2. The van der Waals surface area contributed by atoms with Gasteiger partial charge in [0.15, 0.2) is 22.6 Å². The molecule has 4 aliphatic heterocycles. The molecule has 0 aromatic carbocycles. The molecule has 6 aromatic heterocycles. The van der Waals surface area contributed by atoms with Crippen LogP contribution in [0.25, 0.3) is 22.3 Å². The lowest BCUT2D eigenvalue weighted by atomic mass is 10.2. The number of nitrogens with two attached hydrogens (primary N) is 3. The molecule has 10 heterocycles. The molecule has 10 N–H and O–H groups in total. The van der Waals surface area contributed by atoms with Crippen molar-refractivity contribution in [1.29, 1.82) is 0 Å². The fraction of sp³-hybridized carbons (Fsp3) is 0.647. The summed E-state index contributed by atoms with van der Waals surface area (Å²) >= 11 is 0. The Labute approximate surface area is 547 Å². The van der Waals surface area contributed by atoms with Gasteiger partial charge in [0.05, 0.1) is 12.7 Å². The molecule has 4 aliphatic rings. The number of imidazole rings is 2. The molecule has 0 radical (unpaired) electrons. The summed E-state index contributed by atoms with van der Waals surface area (Å²) in [4.78, 5) is 80.2. The first-order valence-corrected chi connectivity index (χ1v) is 35.8. The van der Waals surface area contributed by atoms with Crippen LogP contribution in [0.4, 0.5) is 17.6 Å². The van der Waals surface area contributed by atoms with Gasteiger partial charge < -0.3 is 46.4 Å². The predicted octanol–water partition coefficient (Wildman–Crippen LogP) is 4.00. The summed E-state index contributed by atoms with van der Waals surface area (Å²) in [7, 11) is -14.8. The van der Waals surface area contributed by atoms with Crippen molar-refractivity contribution < 1.29 is 97.2 Å². The van der Waals surface area contributed by atoms with Gasteiger partial charge in [-0.3, -0.25) is 37.8 Å². The molecule has 17 atom stereocenters. The summed E-state index contributed by atoms with van der Waals surface area (Å²) in [6.07, 6.45) is -2.24. The number of H-pyrrole nitrogens is 2. The van der Waals surface area contributed by atoms with Gasteiger partial charge >= 0.3 is 52.7 Å². The van der Waals surface area contributed by atoms with E-state index in [1.807, 2.05) is 0 Å². The number of fused-ring (bicyclic) bond motifs is 2. The number of hydrogen-bond acceptors (Lipinski definition) is 34. The molecule has 0 amide bonds. The van der Waals surface area contributed by atoms with Gasteiger partial charge in [0.1, 0.15) is 131 Å². The molecule has 5 unspecified atom stereocenters. The minimum Gasteiger partial charge on any atom is -0.396 e. The van der Waals surface area contributed by atoms with Crippen molar-refractivity contribution in [3.63, 3.8) is 0 Å². The maximum absolute atomic E-state index is 14.1. The quantitative estimate of drug-likeness (QED) is 0.0213. The van der Waals surface area contributed by atoms with Gasteiger partial charge in [0.2, 0.25) is 5.95 Å². The molecule has 0 saturated carbocycles. The molecular weight excluding hydrogens is 1380 g/mol. The fourth-order valence-electron chi connectivity index (χ4n) is 10.8. The lowest BCUT2D eigenvalue weighted by molar-refractivity contribution is -0.0500. The van der Waals surface area contributed by atoms with E-state index in [-0.39, 0.29) is 97.6 Å². The largest absolute Gasteiger partial charge is 0.697 e. The Morgan fingerprint density at radius 3 is 1.48 bits per heavy atom. The molecule has 96 heavy (non-hydrogen) atoms. The third kappa shape index (κ3) is 18.9. The average Bonchev–Trinajstić information content (AvgIpc) is 1.64. The number of aliphatic hydroxyl groups is 2. The standard InChI is InChI=1S/C51H68N15O25P5/c1-28-20-64(51(72)62-47(28)69)39-17-30(88-93(74)79-15-9-5-3-7-13-68)34(85-39)22-81-95(76)91-32-19-41(66-27-58-43-46(66)60-49(54)61-48(43)70)87-36(32)24-83-96(77)90-31-18-40(65-26-57-42-44(53)55-25-56-45(42)65)86-35(31)23-82-94(75)89-29-16-38(63-11-10-37(52)59-50(63)71)84-33(29)21-80-92(73)78-14-8-4-2-6-12-67/h10-11,20,25-27,29-36,38-41,67-68H,2-9,12-19,21-24H2,1H3,(H5-3,52,53,54,55,56,59,60,61,62,69,70,71,72)/q+2/p+3/t29-,30-,31-,32-,33+,34+,35+,36+,38+,39+,40+,41+/m0/s1. The topological polar surface area (TPSA) is 530 Å². The van der Waals surface area contributed by atoms with E-state index in [1.54, 1.807) is 0 Å². The van der Waals surface area contributed by atoms with Crippen LogP contribution in [0.3, 0.4) is 0 Å². The van der Waals surface area contributed by atoms with E-state index >= 15 is 0 Å². The number of nitrogens with zero attached hydrogens (tertiary/aromatic N) is 10. The second-order valence-electron chi connectivity index (χ2n) is 22.2. The van der Waals surface area contributed by atoms with E-state index in [2.05, 4.69) is 39.9 Å². The monoisotopic (exact) mass is 1450 g/mol. The molecule has 0 aliphatic carbocycles. The Morgan fingerprint density at radius 1 is 0.521 bits per heavy atom. The molecule has 0 bridgehead atoms. The number of aromatic amines is 2. The summed E-state index contributed by atoms with van der Waals surface area (Å²) < 4.78 is 155. The molecular formula is C51H71N15O25P5+5. The van der Waals surface area contributed by atoms with Crippen LogP contribution in [0.15, 0.2) is 56.6 Å². The van der Waals surface area contributed by atoms with Crippen molar-refractivity contribution in [2.24, 2.45) is 0 Å². The Hall–Kier alpha value is -6.28. The van der Waals surface area contributed by atoms with Crippen molar-refractivity contribution in [3.05, 3.63) is 84.7 Å². The van der Waals surface area contributed by atoms with Crippen LogP contribution in [0.1, 0.15) is 108 Å². The maximum Gasteiger partial charge on any atom is 0.697 e. The van der Waals surface area contributed by atoms with Crippen molar-refractivity contribution in [2.45, 2.75) is 158 Å². The Kier molecular flexibility index (Phi) is 26.0. The highest BCUT2D eigenvalue weighted by atomic mass is 31.1. The zero-order valence-electron chi connectivity index (χ0n) is 51.3. The lowest BCUT2D eigenvalue weighted by Crippen LogP contribution is -2.33. The van der Waals surface area contributed by atoms with Crippen LogP contribution in [0, 0.1) is 6.92 Å². The van der Waals surface area contributed by atoms with Crippen molar-refractivity contribution >= 4 is 81.2 Å². The number of anilines is 3. The van der Waals surface area contributed by atoms with Gasteiger partial charge in [-0.1, -0.05) is 25.7 Å². The minimum absolute atomic E-state index is 0.00587.